The van der Waals surface area contributed by atoms with Crippen LogP contribution in [-0.4, -0.2) is 36.0 Å². The van der Waals surface area contributed by atoms with Crippen molar-refractivity contribution >= 4 is 5.91 Å². The second kappa shape index (κ2) is 6.11. The minimum Gasteiger partial charge on any atom is -0.352 e. The Labute approximate surface area is 93.2 Å². The first-order valence-electron chi connectivity index (χ1n) is 6.17. The van der Waals surface area contributed by atoms with Crippen LogP contribution in [0, 0.1) is 0 Å². The number of hydrogen-bond acceptors (Lipinski definition) is 2. The summed E-state index contributed by atoms with van der Waals surface area (Å²) in [5.74, 6) is 0.186. The molecule has 3 nitrogen and oxygen atoms in total. The summed E-state index contributed by atoms with van der Waals surface area (Å²) in [5.41, 5.74) is 0. The van der Waals surface area contributed by atoms with Gasteiger partial charge in [-0.3, -0.25) is 9.69 Å². The van der Waals surface area contributed by atoms with E-state index >= 15 is 0 Å². The van der Waals surface area contributed by atoms with Crippen molar-refractivity contribution in [3.8, 4) is 0 Å². The maximum absolute atomic E-state index is 11.3. The first-order valence-corrected chi connectivity index (χ1v) is 6.17. The highest BCUT2D eigenvalue weighted by atomic mass is 16.1. The summed E-state index contributed by atoms with van der Waals surface area (Å²) in [4.78, 5) is 13.8. The molecule has 3 heteroatoms. The van der Waals surface area contributed by atoms with E-state index in [1.54, 1.807) is 0 Å². The fourth-order valence-corrected chi connectivity index (χ4v) is 2.09. The van der Waals surface area contributed by atoms with Crippen LogP contribution in [0.15, 0.2) is 0 Å². The van der Waals surface area contributed by atoms with Crippen molar-refractivity contribution in [1.82, 2.24) is 10.2 Å². The SMILES string of the molecule is CCC(=O)NC1CCCCN(C(C)C)C1. The van der Waals surface area contributed by atoms with Gasteiger partial charge in [-0.25, -0.2) is 0 Å². The monoisotopic (exact) mass is 212 g/mol. The van der Waals surface area contributed by atoms with Crippen LogP contribution < -0.4 is 5.32 Å². The number of nitrogens with one attached hydrogen (secondary N) is 1. The molecule has 1 rings (SSSR count). The lowest BCUT2D eigenvalue weighted by Crippen LogP contribution is -2.44. The Balaban J connectivity index is 2.45. The lowest BCUT2D eigenvalue weighted by atomic mass is 10.1. The molecule has 1 aliphatic rings. The molecule has 0 aromatic heterocycles. The Morgan fingerprint density at radius 2 is 2.20 bits per heavy atom. The van der Waals surface area contributed by atoms with Crippen LogP contribution in [0.4, 0.5) is 0 Å². The van der Waals surface area contributed by atoms with Crippen LogP contribution in [0.25, 0.3) is 0 Å². The summed E-state index contributed by atoms with van der Waals surface area (Å²) in [5, 5.41) is 3.11. The normalized spacial score (nSPS) is 23.9. The van der Waals surface area contributed by atoms with E-state index in [0.29, 0.717) is 18.5 Å². The summed E-state index contributed by atoms with van der Waals surface area (Å²) in [6.07, 6.45) is 4.22. The first-order chi connectivity index (χ1) is 7.13. The molecule has 1 fully saturated rings. The molecule has 88 valence electrons. The molecule has 1 N–H and O–H groups in total. The maximum atomic E-state index is 11.3. The molecule has 0 saturated carbocycles. The number of amides is 1. The highest BCUT2D eigenvalue weighted by Gasteiger charge is 2.20. The number of hydrogen-bond donors (Lipinski definition) is 1. The maximum Gasteiger partial charge on any atom is 0.219 e. The molecule has 15 heavy (non-hydrogen) atoms. The third-order valence-corrected chi connectivity index (χ3v) is 3.12. The zero-order chi connectivity index (χ0) is 11.3. The molecule has 0 radical (unpaired) electrons. The van der Waals surface area contributed by atoms with Gasteiger partial charge in [-0.1, -0.05) is 13.3 Å². The topological polar surface area (TPSA) is 32.3 Å². The van der Waals surface area contributed by atoms with Crippen LogP contribution in [0.5, 0.6) is 0 Å². The molecule has 1 aliphatic heterocycles. The van der Waals surface area contributed by atoms with Gasteiger partial charge in [-0.15, -0.1) is 0 Å². The predicted molar refractivity (Wildman–Crippen MR) is 62.8 cm³/mol. The van der Waals surface area contributed by atoms with Gasteiger partial charge in [0.05, 0.1) is 0 Å². The average Bonchev–Trinajstić information content (AvgIpc) is 2.43. The fourth-order valence-electron chi connectivity index (χ4n) is 2.09. The Hall–Kier alpha value is -0.570. The van der Waals surface area contributed by atoms with E-state index in [1.165, 1.54) is 19.4 Å². The van der Waals surface area contributed by atoms with E-state index in [1.807, 2.05) is 6.92 Å². The van der Waals surface area contributed by atoms with E-state index in [0.717, 1.165) is 13.0 Å². The van der Waals surface area contributed by atoms with Crippen molar-refractivity contribution in [3.63, 3.8) is 0 Å². The van der Waals surface area contributed by atoms with Gasteiger partial charge in [0.1, 0.15) is 0 Å². The standard InChI is InChI=1S/C12H24N2O/c1-4-12(15)13-11-7-5-6-8-14(9-11)10(2)3/h10-11H,4-9H2,1-3H3,(H,13,15). The van der Waals surface area contributed by atoms with Crippen molar-refractivity contribution in [3.05, 3.63) is 0 Å². The largest absolute Gasteiger partial charge is 0.352 e. The van der Waals surface area contributed by atoms with Gasteiger partial charge in [0.15, 0.2) is 0 Å². The van der Waals surface area contributed by atoms with E-state index in [-0.39, 0.29) is 5.91 Å². The van der Waals surface area contributed by atoms with E-state index in [9.17, 15) is 4.79 Å². The summed E-state index contributed by atoms with van der Waals surface area (Å²) < 4.78 is 0. The van der Waals surface area contributed by atoms with Crippen molar-refractivity contribution in [2.75, 3.05) is 13.1 Å². The summed E-state index contributed by atoms with van der Waals surface area (Å²) in [7, 11) is 0. The molecule has 1 saturated heterocycles. The molecule has 0 bridgehead atoms. The number of carbonyl (C=O) groups excluding carboxylic acids is 1. The Morgan fingerprint density at radius 3 is 2.80 bits per heavy atom. The third-order valence-electron chi connectivity index (χ3n) is 3.12. The quantitative estimate of drug-likeness (QED) is 0.773. The minimum atomic E-state index is 0.186. The van der Waals surface area contributed by atoms with Gasteiger partial charge < -0.3 is 5.32 Å². The Morgan fingerprint density at radius 1 is 1.47 bits per heavy atom. The number of nitrogens with zero attached hydrogens (tertiary/aromatic N) is 1. The highest BCUT2D eigenvalue weighted by Crippen LogP contribution is 2.13. The van der Waals surface area contributed by atoms with Crippen LogP contribution in [0.1, 0.15) is 46.5 Å². The summed E-state index contributed by atoms with van der Waals surface area (Å²) in [6, 6.07) is 0.950. The van der Waals surface area contributed by atoms with Crippen LogP contribution in [0.2, 0.25) is 0 Å². The first kappa shape index (κ1) is 12.5. The smallest absolute Gasteiger partial charge is 0.219 e. The molecule has 0 aliphatic carbocycles. The molecule has 1 atom stereocenters. The minimum absolute atomic E-state index is 0.186. The average molecular weight is 212 g/mol. The van der Waals surface area contributed by atoms with Crippen LogP contribution >= 0.6 is 0 Å². The molecular weight excluding hydrogens is 188 g/mol. The van der Waals surface area contributed by atoms with Gasteiger partial charge in [0.25, 0.3) is 0 Å². The van der Waals surface area contributed by atoms with Crippen molar-refractivity contribution in [2.24, 2.45) is 0 Å². The second-order valence-corrected chi connectivity index (χ2v) is 4.70. The number of likely N-dealkylation sites (tertiary alicyclic amines) is 1. The Kier molecular flexibility index (Phi) is 5.09. The highest BCUT2D eigenvalue weighted by molar-refractivity contribution is 5.75. The van der Waals surface area contributed by atoms with E-state index in [4.69, 9.17) is 0 Å². The van der Waals surface area contributed by atoms with Crippen LogP contribution in [-0.2, 0) is 4.79 Å². The number of rotatable bonds is 3. The Bertz CT molecular complexity index is 204. The van der Waals surface area contributed by atoms with E-state index in [2.05, 4.69) is 24.1 Å². The van der Waals surface area contributed by atoms with Gasteiger partial charge in [0, 0.05) is 25.0 Å². The number of carbonyl (C=O) groups is 1. The predicted octanol–water partition coefficient (Wildman–Crippen LogP) is 1.78. The zero-order valence-corrected chi connectivity index (χ0v) is 10.3. The summed E-state index contributed by atoms with van der Waals surface area (Å²) in [6.45, 7) is 8.56. The van der Waals surface area contributed by atoms with E-state index < -0.39 is 0 Å². The lowest BCUT2D eigenvalue weighted by Gasteiger charge is -2.28. The molecule has 1 amide bonds. The van der Waals surface area contributed by atoms with Crippen molar-refractivity contribution in [2.45, 2.75) is 58.5 Å². The lowest BCUT2D eigenvalue weighted by molar-refractivity contribution is -0.121. The molecule has 1 unspecified atom stereocenters. The molecule has 1 heterocycles. The second-order valence-electron chi connectivity index (χ2n) is 4.70. The van der Waals surface area contributed by atoms with Gasteiger partial charge in [-0.2, -0.15) is 0 Å². The molecular formula is C12H24N2O. The molecule has 0 spiro atoms. The zero-order valence-electron chi connectivity index (χ0n) is 10.3. The van der Waals surface area contributed by atoms with Gasteiger partial charge >= 0.3 is 0 Å². The van der Waals surface area contributed by atoms with Gasteiger partial charge in [-0.05, 0) is 33.2 Å². The molecule has 0 aromatic carbocycles. The van der Waals surface area contributed by atoms with Gasteiger partial charge in [0.2, 0.25) is 5.91 Å². The summed E-state index contributed by atoms with van der Waals surface area (Å²) >= 11 is 0. The van der Waals surface area contributed by atoms with Crippen LogP contribution in [0.3, 0.4) is 0 Å². The van der Waals surface area contributed by atoms with Crippen molar-refractivity contribution < 1.29 is 4.79 Å². The molecule has 0 aromatic rings. The van der Waals surface area contributed by atoms with Crippen molar-refractivity contribution in [1.29, 1.82) is 0 Å². The third kappa shape index (κ3) is 4.20. The fraction of sp³-hybridized carbons (Fsp3) is 0.917.